The van der Waals surface area contributed by atoms with Crippen molar-refractivity contribution in [3.63, 3.8) is 0 Å². The van der Waals surface area contributed by atoms with E-state index in [9.17, 15) is 9.59 Å². The molecule has 0 spiro atoms. The number of amides is 2. The molecule has 1 heterocycles. The molecular formula is C20H27N5O3. The average Bonchev–Trinajstić information content (AvgIpc) is 3.40. The summed E-state index contributed by atoms with van der Waals surface area (Å²) in [4.78, 5) is 24.0. The van der Waals surface area contributed by atoms with Gasteiger partial charge in [0.25, 0.3) is 5.91 Å². The van der Waals surface area contributed by atoms with Gasteiger partial charge in [0.05, 0.1) is 6.20 Å². The number of hydrogen-bond donors (Lipinski definition) is 3. The van der Waals surface area contributed by atoms with Crippen LogP contribution in [0, 0.1) is 0 Å². The number of nitrogens with zero attached hydrogens (tertiary/aromatic N) is 2. The number of benzene rings is 1. The van der Waals surface area contributed by atoms with Crippen LogP contribution in [0.15, 0.2) is 36.7 Å². The van der Waals surface area contributed by atoms with Gasteiger partial charge in [0, 0.05) is 31.4 Å². The Bertz CT molecular complexity index is 798. The number of rotatable bonds is 10. The highest BCUT2D eigenvalue weighted by Crippen LogP contribution is 2.18. The maximum atomic E-state index is 12.4. The van der Waals surface area contributed by atoms with E-state index in [-0.39, 0.29) is 18.4 Å². The van der Waals surface area contributed by atoms with E-state index < -0.39 is 6.04 Å². The monoisotopic (exact) mass is 385 g/mol. The molecule has 1 aliphatic rings. The van der Waals surface area contributed by atoms with E-state index in [1.807, 2.05) is 37.5 Å². The summed E-state index contributed by atoms with van der Waals surface area (Å²) in [7, 11) is 3.57. The lowest BCUT2D eigenvalue weighted by atomic mass is 10.1. The highest BCUT2D eigenvalue weighted by atomic mass is 16.5. The Balaban J connectivity index is 1.40. The average molecular weight is 385 g/mol. The first-order valence-electron chi connectivity index (χ1n) is 9.50. The van der Waals surface area contributed by atoms with Crippen LogP contribution in [0.3, 0.4) is 0 Å². The minimum absolute atomic E-state index is 0.0334. The van der Waals surface area contributed by atoms with Crippen LogP contribution in [-0.4, -0.2) is 47.8 Å². The predicted molar refractivity (Wildman–Crippen MR) is 105 cm³/mol. The molecule has 8 nitrogen and oxygen atoms in total. The number of hydrogen-bond acceptors (Lipinski definition) is 5. The largest absolute Gasteiger partial charge is 0.484 e. The molecule has 0 saturated heterocycles. The topological polar surface area (TPSA) is 97.3 Å². The second-order valence-electron chi connectivity index (χ2n) is 6.98. The molecule has 0 bridgehead atoms. The van der Waals surface area contributed by atoms with Crippen molar-refractivity contribution in [2.75, 3.05) is 20.2 Å². The summed E-state index contributed by atoms with van der Waals surface area (Å²) in [6, 6.07) is 7.48. The zero-order valence-electron chi connectivity index (χ0n) is 16.3. The van der Waals surface area contributed by atoms with Crippen LogP contribution in [0.1, 0.15) is 30.0 Å². The summed E-state index contributed by atoms with van der Waals surface area (Å²) < 4.78 is 7.17. The first-order valence-corrected chi connectivity index (χ1v) is 9.50. The van der Waals surface area contributed by atoms with Crippen molar-refractivity contribution in [3.05, 3.63) is 47.8 Å². The molecule has 1 aromatic heterocycles. The first-order chi connectivity index (χ1) is 13.5. The highest BCUT2D eigenvalue weighted by Gasteiger charge is 2.23. The molecule has 1 atom stereocenters. The van der Waals surface area contributed by atoms with E-state index in [4.69, 9.17) is 4.74 Å². The van der Waals surface area contributed by atoms with Gasteiger partial charge in [0.15, 0.2) is 6.61 Å². The van der Waals surface area contributed by atoms with E-state index in [1.54, 1.807) is 17.9 Å². The lowest BCUT2D eigenvalue weighted by Gasteiger charge is -2.14. The van der Waals surface area contributed by atoms with E-state index in [0.717, 1.165) is 24.0 Å². The third-order valence-corrected chi connectivity index (χ3v) is 4.56. The van der Waals surface area contributed by atoms with Gasteiger partial charge < -0.3 is 20.7 Å². The van der Waals surface area contributed by atoms with Crippen LogP contribution < -0.4 is 20.7 Å². The summed E-state index contributed by atoms with van der Waals surface area (Å²) in [5.74, 6) is 0.490. The Morgan fingerprint density at radius 2 is 2.04 bits per heavy atom. The Morgan fingerprint density at radius 1 is 1.29 bits per heavy atom. The normalized spacial score (nSPS) is 14.4. The molecule has 1 unspecified atom stereocenters. The molecule has 1 aromatic carbocycles. The molecule has 3 N–H and O–H groups in total. The Morgan fingerprint density at radius 3 is 2.64 bits per heavy atom. The summed E-state index contributed by atoms with van der Waals surface area (Å²) in [5, 5.41) is 13.0. The molecule has 1 saturated carbocycles. The summed E-state index contributed by atoms with van der Waals surface area (Å²) >= 11 is 0. The number of carbonyl (C=O) groups excluding carboxylic acids is 2. The smallest absolute Gasteiger partial charge is 0.258 e. The number of likely N-dealkylation sites (N-methyl/N-ethyl adjacent to an activating group) is 1. The fourth-order valence-electron chi connectivity index (χ4n) is 2.87. The summed E-state index contributed by atoms with van der Waals surface area (Å²) in [6.45, 7) is 0.562. The van der Waals surface area contributed by atoms with Crippen molar-refractivity contribution >= 4 is 11.8 Å². The Kier molecular flexibility index (Phi) is 6.65. The molecule has 150 valence electrons. The molecule has 0 radical (unpaired) electrons. The molecule has 2 amide bonds. The van der Waals surface area contributed by atoms with Gasteiger partial charge in [-0.05, 0) is 44.0 Å². The number of aromatic nitrogens is 2. The van der Waals surface area contributed by atoms with Crippen molar-refractivity contribution < 1.29 is 14.3 Å². The van der Waals surface area contributed by atoms with Crippen molar-refractivity contribution in [1.82, 2.24) is 25.7 Å². The van der Waals surface area contributed by atoms with E-state index in [0.29, 0.717) is 24.8 Å². The maximum absolute atomic E-state index is 12.4. The van der Waals surface area contributed by atoms with Gasteiger partial charge in [-0.2, -0.15) is 5.10 Å². The first kappa shape index (κ1) is 19.9. The minimum atomic E-state index is -0.425. The molecule has 3 rings (SSSR count). The van der Waals surface area contributed by atoms with Gasteiger partial charge in [-0.1, -0.05) is 12.1 Å². The SMILES string of the molecule is CNC(C(=O)NCCc1ccc(OCC(=O)NC2CC2)cc1)c1cnn(C)c1. The van der Waals surface area contributed by atoms with Crippen LogP contribution in [0.2, 0.25) is 0 Å². The Labute approximate surface area is 164 Å². The second-order valence-corrected chi connectivity index (χ2v) is 6.98. The Hall–Kier alpha value is -2.87. The summed E-state index contributed by atoms with van der Waals surface area (Å²) in [6.07, 6.45) is 6.34. The van der Waals surface area contributed by atoms with Crippen molar-refractivity contribution in [3.8, 4) is 5.75 Å². The van der Waals surface area contributed by atoms with Crippen LogP contribution in [0.25, 0.3) is 0 Å². The predicted octanol–water partition coefficient (Wildman–Crippen LogP) is 0.697. The summed E-state index contributed by atoms with van der Waals surface area (Å²) in [5.41, 5.74) is 1.91. The minimum Gasteiger partial charge on any atom is -0.484 e. The third kappa shape index (κ3) is 5.82. The standard InChI is InChI=1S/C20H27N5O3/c1-21-19(15-11-23-25(2)12-15)20(27)22-10-9-14-3-7-17(8-4-14)28-13-18(26)24-16-5-6-16/h3-4,7-8,11-12,16,19,21H,5-6,9-10,13H2,1-2H3,(H,22,27)(H,24,26). The zero-order chi connectivity index (χ0) is 19.9. The van der Waals surface area contributed by atoms with Crippen molar-refractivity contribution in [2.24, 2.45) is 7.05 Å². The van der Waals surface area contributed by atoms with Crippen molar-refractivity contribution in [2.45, 2.75) is 31.3 Å². The van der Waals surface area contributed by atoms with Gasteiger partial charge >= 0.3 is 0 Å². The van der Waals surface area contributed by atoms with Crippen LogP contribution in [-0.2, 0) is 23.1 Å². The number of nitrogens with one attached hydrogen (secondary N) is 3. The van der Waals surface area contributed by atoms with Crippen molar-refractivity contribution in [1.29, 1.82) is 0 Å². The molecule has 2 aromatic rings. The quantitative estimate of drug-likeness (QED) is 0.559. The molecule has 1 fully saturated rings. The van der Waals surface area contributed by atoms with E-state index in [2.05, 4.69) is 21.0 Å². The van der Waals surface area contributed by atoms with Crippen LogP contribution in [0.4, 0.5) is 0 Å². The van der Waals surface area contributed by atoms with Gasteiger partial charge in [0.2, 0.25) is 5.91 Å². The second kappa shape index (κ2) is 9.36. The lowest BCUT2D eigenvalue weighted by Crippen LogP contribution is -2.36. The van der Waals surface area contributed by atoms with E-state index in [1.165, 1.54) is 0 Å². The number of carbonyl (C=O) groups is 2. The lowest BCUT2D eigenvalue weighted by molar-refractivity contribution is -0.124. The van der Waals surface area contributed by atoms with Crippen LogP contribution >= 0.6 is 0 Å². The fraction of sp³-hybridized carbons (Fsp3) is 0.450. The number of aryl methyl sites for hydroxylation is 1. The van der Waals surface area contributed by atoms with Crippen LogP contribution in [0.5, 0.6) is 5.75 Å². The molecule has 8 heteroatoms. The maximum Gasteiger partial charge on any atom is 0.258 e. The molecule has 0 aliphatic heterocycles. The van der Waals surface area contributed by atoms with Gasteiger partial charge in [-0.3, -0.25) is 14.3 Å². The number of ether oxygens (including phenoxy) is 1. The van der Waals surface area contributed by atoms with Gasteiger partial charge in [0.1, 0.15) is 11.8 Å². The molecule has 1 aliphatic carbocycles. The van der Waals surface area contributed by atoms with E-state index >= 15 is 0 Å². The van der Waals surface area contributed by atoms with Gasteiger partial charge in [-0.15, -0.1) is 0 Å². The third-order valence-electron chi connectivity index (χ3n) is 4.56. The zero-order valence-corrected chi connectivity index (χ0v) is 16.3. The molecular weight excluding hydrogens is 358 g/mol. The van der Waals surface area contributed by atoms with Gasteiger partial charge in [-0.25, -0.2) is 0 Å². The highest BCUT2D eigenvalue weighted by molar-refractivity contribution is 5.83. The fourth-order valence-corrected chi connectivity index (χ4v) is 2.87. The molecule has 28 heavy (non-hydrogen) atoms.